The minimum Gasteiger partial charge on any atom is -0.481 e. The molecule has 0 atom stereocenters. The lowest BCUT2D eigenvalue weighted by atomic mass is 10.1. The second kappa shape index (κ2) is 5.72. The van der Waals surface area contributed by atoms with Crippen molar-refractivity contribution in [1.82, 2.24) is 4.90 Å². The van der Waals surface area contributed by atoms with Crippen molar-refractivity contribution >= 4 is 17.6 Å². The highest BCUT2D eigenvalue weighted by Crippen LogP contribution is 2.30. The maximum atomic E-state index is 10.7. The lowest BCUT2D eigenvalue weighted by Gasteiger charge is -2.21. The van der Waals surface area contributed by atoms with E-state index >= 15 is 0 Å². The van der Waals surface area contributed by atoms with Crippen molar-refractivity contribution in [2.75, 3.05) is 6.54 Å². The molecule has 2 rings (SSSR count). The number of carboxylic acids is 1. The Hall–Kier alpha value is -1.06. The molecule has 1 aromatic rings. The fourth-order valence-electron chi connectivity index (χ4n) is 2.07. The van der Waals surface area contributed by atoms with Crippen LogP contribution in [0.2, 0.25) is 5.02 Å². The van der Waals surface area contributed by atoms with Gasteiger partial charge in [0.25, 0.3) is 0 Å². The molecule has 0 spiro atoms. The van der Waals surface area contributed by atoms with Crippen LogP contribution in [-0.2, 0) is 11.3 Å². The highest BCUT2D eigenvalue weighted by molar-refractivity contribution is 6.31. The highest BCUT2D eigenvalue weighted by atomic mass is 35.5. The predicted molar refractivity (Wildman–Crippen MR) is 71.9 cm³/mol. The molecule has 4 heteroatoms. The molecule has 1 fully saturated rings. The monoisotopic (exact) mass is 267 g/mol. The van der Waals surface area contributed by atoms with E-state index in [2.05, 4.69) is 4.90 Å². The van der Waals surface area contributed by atoms with Gasteiger partial charge in [-0.25, -0.2) is 0 Å². The zero-order valence-electron chi connectivity index (χ0n) is 10.5. The Bertz CT molecular complexity index is 443. The van der Waals surface area contributed by atoms with Crippen molar-refractivity contribution in [3.05, 3.63) is 34.3 Å². The number of hydrogen-bond donors (Lipinski definition) is 1. The maximum Gasteiger partial charge on any atom is 0.304 e. The van der Waals surface area contributed by atoms with Gasteiger partial charge in [0, 0.05) is 24.2 Å². The number of aryl methyl sites for hydroxylation is 1. The zero-order chi connectivity index (χ0) is 13.1. The molecule has 0 aliphatic heterocycles. The topological polar surface area (TPSA) is 40.5 Å². The Morgan fingerprint density at radius 2 is 2.22 bits per heavy atom. The summed E-state index contributed by atoms with van der Waals surface area (Å²) >= 11 is 6.22. The van der Waals surface area contributed by atoms with Crippen molar-refractivity contribution in [3.63, 3.8) is 0 Å². The second-order valence-electron chi connectivity index (χ2n) is 4.94. The molecule has 0 amide bonds. The fourth-order valence-corrected chi connectivity index (χ4v) is 2.36. The van der Waals surface area contributed by atoms with Crippen LogP contribution in [0.4, 0.5) is 0 Å². The zero-order valence-corrected chi connectivity index (χ0v) is 11.3. The van der Waals surface area contributed by atoms with E-state index in [9.17, 15) is 4.79 Å². The van der Waals surface area contributed by atoms with Crippen LogP contribution in [0.25, 0.3) is 0 Å². The number of nitrogens with zero attached hydrogens (tertiary/aromatic N) is 1. The summed E-state index contributed by atoms with van der Waals surface area (Å²) in [6.07, 6.45) is 2.53. The van der Waals surface area contributed by atoms with Gasteiger partial charge in [0.1, 0.15) is 0 Å². The molecule has 1 N–H and O–H groups in total. The van der Waals surface area contributed by atoms with Crippen LogP contribution in [0.15, 0.2) is 18.2 Å². The van der Waals surface area contributed by atoms with Crippen LogP contribution in [0.5, 0.6) is 0 Å². The van der Waals surface area contributed by atoms with Gasteiger partial charge in [0.15, 0.2) is 0 Å². The third-order valence-corrected chi connectivity index (χ3v) is 3.61. The molecule has 0 radical (unpaired) electrons. The number of benzene rings is 1. The Kier molecular flexibility index (Phi) is 4.25. The third kappa shape index (κ3) is 3.72. The van der Waals surface area contributed by atoms with Gasteiger partial charge in [-0.2, -0.15) is 0 Å². The molecule has 1 saturated carbocycles. The van der Waals surface area contributed by atoms with E-state index in [1.54, 1.807) is 0 Å². The van der Waals surface area contributed by atoms with Crippen LogP contribution < -0.4 is 0 Å². The number of hydrogen-bond acceptors (Lipinski definition) is 2. The molecule has 1 aliphatic rings. The number of carboxylic acid groups (broad SMARTS) is 1. The minimum absolute atomic E-state index is 0.194. The van der Waals surface area contributed by atoms with Gasteiger partial charge >= 0.3 is 5.97 Å². The van der Waals surface area contributed by atoms with Gasteiger partial charge in [-0.05, 0) is 37.0 Å². The van der Waals surface area contributed by atoms with Gasteiger partial charge in [-0.1, -0.05) is 23.7 Å². The molecule has 0 aromatic heterocycles. The van der Waals surface area contributed by atoms with Gasteiger partial charge in [-0.15, -0.1) is 0 Å². The van der Waals surface area contributed by atoms with Crippen molar-refractivity contribution in [2.24, 2.45) is 0 Å². The molecule has 18 heavy (non-hydrogen) atoms. The Morgan fingerprint density at radius 3 is 2.78 bits per heavy atom. The van der Waals surface area contributed by atoms with Crippen LogP contribution in [0.3, 0.4) is 0 Å². The minimum atomic E-state index is -0.740. The van der Waals surface area contributed by atoms with Gasteiger partial charge in [0.2, 0.25) is 0 Å². The molecule has 0 unspecified atom stereocenters. The van der Waals surface area contributed by atoms with E-state index in [-0.39, 0.29) is 6.42 Å². The molecular formula is C14H18ClNO2. The van der Waals surface area contributed by atoms with Gasteiger partial charge in [-0.3, -0.25) is 9.69 Å². The van der Waals surface area contributed by atoms with Gasteiger partial charge < -0.3 is 5.11 Å². The molecule has 0 heterocycles. The second-order valence-corrected chi connectivity index (χ2v) is 5.35. The average Bonchev–Trinajstić information content (AvgIpc) is 3.10. The average molecular weight is 268 g/mol. The van der Waals surface area contributed by atoms with Crippen molar-refractivity contribution in [2.45, 2.75) is 38.8 Å². The number of carbonyl (C=O) groups is 1. The smallest absolute Gasteiger partial charge is 0.304 e. The summed E-state index contributed by atoms with van der Waals surface area (Å²) in [5.74, 6) is -0.740. The fraction of sp³-hybridized carbons (Fsp3) is 0.500. The first-order valence-electron chi connectivity index (χ1n) is 6.27. The normalized spacial score (nSPS) is 15.1. The number of rotatable bonds is 6. The number of halogens is 1. The molecule has 1 aromatic carbocycles. The Morgan fingerprint density at radius 1 is 1.50 bits per heavy atom. The first-order chi connectivity index (χ1) is 8.56. The number of aliphatic carboxylic acids is 1. The molecule has 1 aliphatic carbocycles. The van der Waals surface area contributed by atoms with Crippen LogP contribution >= 0.6 is 11.6 Å². The summed E-state index contributed by atoms with van der Waals surface area (Å²) in [7, 11) is 0. The summed E-state index contributed by atoms with van der Waals surface area (Å²) in [5.41, 5.74) is 2.23. The Balaban J connectivity index is 2.01. The predicted octanol–water partition coefficient (Wildman–Crippen LogP) is 3.09. The highest BCUT2D eigenvalue weighted by Gasteiger charge is 2.29. The van der Waals surface area contributed by atoms with Gasteiger partial charge in [0.05, 0.1) is 6.42 Å². The third-order valence-electron chi connectivity index (χ3n) is 3.26. The van der Waals surface area contributed by atoms with E-state index in [4.69, 9.17) is 16.7 Å². The van der Waals surface area contributed by atoms with E-state index in [0.29, 0.717) is 12.6 Å². The molecule has 0 saturated heterocycles. The van der Waals surface area contributed by atoms with Crippen LogP contribution in [-0.4, -0.2) is 28.6 Å². The van der Waals surface area contributed by atoms with Crippen molar-refractivity contribution < 1.29 is 9.90 Å². The summed E-state index contributed by atoms with van der Waals surface area (Å²) in [6, 6.07) is 6.58. The van der Waals surface area contributed by atoms with Crippen LogP contribution in [0, 0.1) is 6.92 Å². The lowest BCUT2D eigenvalue weighted by Crippen LogP contribution is -2.28. The van der Waals surface area contributed by atoms with Crippen molar-refractivity contribution in [1.29, 1.82) is 0 Å². The Labute approximate surface area is 112 Å². The van der Waals surface area contributed by atoms with Crippen molar-refractivity contribution in [3.8, 4) is 0 Å². The maximum absolute atomic E-state index is 10.7. The van der Waals surface area contributed by atoms with E-state index in [0.717, 1.165) is 22.7 Å². The first kappa shape index (κ1) is 13.4. The molecule has 3 nitrogen and oxygen atoms in total. The standard InChI is InChI=1S/C14H18ClNO2/c1-10-2-3-11(13(15)8-10)9-16(12-4-5-12)7-6-14(17)18/h2-3,8,12H,4-7,9H2,1H3,(H,17,18). The van der Waals surface area contributed by atoms with Crippen LogP contribution in [0.1, 0.15) is 30.4 Å². The molecule has 0 bridgehead atoms. The lowest BCUT2D eigenvalue weighted by molar-refractivity contribution is -0.137. The van der Waals surface area contributed by atoms with E-state index in [1.165, 1.54) is 12.8 Å². The van der Waals surface area contributed by atoms with E-state index in [1.807, 2.05) is 25.1 Å². The van der Waals surface area contributed by atoms with E-state index < -0.39 is 5.97 Å². The summed E-state index contributed by atoms with van der Waals surface area (Å²) in [6.45, 7) is 3.36. The first-order valence-corrected chi connectivity index (χ1v) is 6.65. The summed E-state index contributed by atoms with van der Waals surface area (Å²) in [5, 5.41) is 9.54. The SMILES string of the molecule is Cc1ccc(CN(CCC(=O)O)C2CC2)c(Cl)c1. The molecular weight excluding hydrogens is 250 g/mol. The molecule has 98 valence electrons. The largest absolute Gasteiger partial charge is 0.481 e. The summed E-state index contributed by atoms with van der Waals surface area (Å²) in [4.78, 5) is 12.9. The quantitative estimate of drug-likeness (QED) is 0.861. The summed E-state index contributed by atoms with van der Waals surface area (Å²) < 4.78 is 0.